The van der Waals surface area contributed by atoms with Crippen molar-refractivity contribution in [1.82, 2.24) is 0 Å². The van der Waals surface area contributed by atoms with Gasteiger partial charge in [-0.05, 0) is 0 Å². The Hall–Kier alpha value is -1.01. The van der Waals surface area contributed by atoms with Crippen LogP contribution in [0.3, 0.4) is 0 Å². The predicted octanol–water partition coefficient (Wildman–Crippen LogP) is -1.41. The van der Waals surface area contributed by atoms with Gasteiger partial charge in [0.2, 0.25) is 0 Å². The van der Waals surface area contributed by atoms with Crippen molar-refractivity contribution < 1.29 is 52.7 Å². The van der Waals surface area contributed by atoms with E-state index in [-0.39, 0.29) is 31.7 Å². The molecule has 0 aromatic rings. The van der Waals surface area contributed by atoms with Gasteiger partial charge in [0, 0.05) is 5.57 Å². The third kappa shape index (κ3) is 14.1. The van der Waals surface area contributed by atoms with Crippen molar-refractivity contribution >= 4 is 19.7 Å². The van der Waals surface area contributed by atoms with Crippen LogP contribution >= 0.6 is 7.94 Å². The number of rotatable bonds is 18. The maximum Gasteiger partial charge on any atom is 0.191 e. The zero-order valence-electron chi connectivity index (χ0n) is 15.7. The number of carbonyl (C=O) groups is 2. The molecule has 0 amide bonds. The fourth-order valence-corrected chi connectivity index (χ4v) is 2.30. The Labute approximate surface area is 163 Å². The third-order valence-electron chi connectivity index (χ3n) is 3.24. The number of carbonyl (C=O) groups excluding carboxylic acids is 2. The first-order chi connectivity index (χ1) is 13.3. The number of ketones is 1. The van der Waals surface area contributed by atoms with Gasteiger partial charge < -0.3 is 9.47 Å². The summed E-state index contributed by atoms with van der Waals surface area (Å²) < 4.78 is 30.5. The quantitative estimate of drug-likeness (QED) is 0.0776. The Morgan fingerprint density at radius 1 is 0.893 bits per heavy atom. The van der Waals surface area contributed by atoms with E-state index < -0.39 is 20.1 Å². The molecule has 1 aliphatic heterocycles. The van der Waals surface area contributed by atoms with E-state index in [1.807, 2.05) is 0 Å². The van der Waals surface area contributed by atoms with Crippen molar-refractivity contribution in [3.8, 4) is 0 Å². The molecule has 1 saturated heterocycles. The topological polar surface area (TPSA) is 154 Å². The molecule has 164 valence electrons. The fourth-order valence-electron chi connectivity index (χ4n) is 1.81. The van der Waals surface area contributed by atoms with E-state index in [1.54, 1.807) is 0 Å². The SMILES string of the molecule is C=C(COCCOCCOCCOCCOC(=O)C[PH](O)(O)O)C(=O)C1CO1. The Morgan fingerprint density at radius 3 is 1.82 bits per heavy atom. The van der Waals surface area contributed by atoms with Crippen LogP contribution in [0.4, 0.5) is 0 Å². The van der Waals surface area contributed by atoms with Crippen molar-refractivity contribution in [3.05, 3.63) is 12.2 Å². The van der Waals surface area contributed by atoms with Gasteiger partial charge in [-0.2, -0.15) is 0 Å². The van der Waals surface area contributed by atoms with E-state index in [0.29, 0.717) is 51.8 Å². The van der Waals surface area contributed by atoms with E-state index >= 15 is 0 Å². The zero-order chi connectivity index (χ0) is 20.8. The molecule has 0 bridgehead atoms. The molecule has 0 aromatic heterocycles. The maximum atomic E-state index is 11.5. The molecule has 1 aliphatic rings. The van der Waals surface area contributed by atoms with Crippen LogP contribution in [0.25, 0.3) is 0 Å². The van der Waals surface area contributed by atoms with E-state index in [9.17, 15) is 9.59 Å². The Morgan fingerprint density at radius 2 is 1.36 bits per heavy atom. The van der Waals surface area contributed by atoms with Crippen LogP contribution < -0.4 is 0 Å². The summed E-state index contributed by atoms with van der Waals surface area (Å²) in [5.41, 5.74) is 0.394. The molecule has 1 rings (SSSR count). The summed E-state index contributed by atoms with van der Waals surface area (Å²) >= 11 is 0. The minimum Gasteiger partial charge on any atom is -0.364 e. The summed E-state index contributed by atoms with van der Waals surface area (Å²) in [6.45, 7) is 6.43. The minimum absolute atomic E-state index is 0.0574. The van der Waals surface area contributed by atoms with Crippen molar-refractivity contribution in [1.29, 1.82) is 0 Å². The second-order valence-corrected chi connectivity index (χ2v) is 7.75. The van der Waals surface area contributed by atoms with Gasteiger partial charge in [-0.1, -0.05) is 6.58 Å². The third-order valence-corrected chi connectivity index (χ3v) is 4.00. The van der Waals surface area contributed by atoms with Gasteiger partial charge >= 0.3 is 98.1 Å². The van der Waals surface area contributed by atoms with Crippen LogP contribution in [0.15, 0.2) is 12.2 Å². The molecule has 0 saturated carbocycles. The average molecular weight is 428 g/mol. The average Bonchev–Trinajstić information content (AvgIpc) is 3.44. The van der Waals surface area contributed by atoms with Crippen LogP contribution in [0.2, 0.25) is 0 Å². The van der Waals surface area contributed by atoms with Crippen LogP contribution in [0, 0.1) is 0 Å². The Bertz CT molecular complexity index is 487. The second kappa shape index (κ2) is 14.0. The van der Waals surface area contributed by atoms with Crippen LogP contribution in [-0.2, 0) is 38.0 Å². The number of Topliss-reactive ketones (excluding diaryl/α,β-unsaturated/α-hetero) is 1. The van der Waals surface area contributed by atoms with Crippen LogP contribution in [0.1, 0.15) is 0 Å². The van der Waals surface area contributed by atoms with E-state index in [1.165, 1.54) is 0 Å². The molecule has 1 unspecified atom stereocenters. The summed E-state index contributed by atoms with van der Waals surface area (Å²) in [7, 11) is -4.41. The summed E-state index contributed by atoms with van der Waals surface area (Å²) in [4.78, 5) is 48.7. The van der Waals surface area contributed by atoms with Gasteiger partial charge in [-0.3, -0.25) is 4.79 Å². The van der Waals surface area contributed by atoms with Crippen LogP contribution in [-0.4, -0.2) is 105 Å². The number of epoxide rings is 1. The molecule has 1 fully saturated rings. The fraction of sp³-hybridized carbons (Fsp3) is 0.750. The molecule has 11 nitrogen and oxygen atoms in total. The Balaban J connectivity index is 1.76. The number of esters is 1. The first-order valence-electron chi connectivity index (χ1n) is 8.77. The standard InChI is InChI=1S/C16H29O11P/c1-13(16(18)14-11-27-14)10-25-7-6-23-3-2-22-4-5-24-8-9-26-15(17)12-28(19,20)21/h14,19-21,28H,1-12H2. The van der Waals surface area contributed by atoms with E-state index in [4.69, 9.17) is 38.4 Å². The Kier molecular flexibility index (Phi) is 12.6. The molecule has 0 radical (unpaired) electrons. The molecule has 0 aromatic carbocycles. The molecule has 28 heavy (non-hydrogen) atoms. The molecule has 3 N–H and O–H groups in total. The van der Waals surface area contributed by atoms with Crippen molar-refractivity contribution in [3.63, 3.8) is 0 Å². The minimum atomic E-state index is -4.41. The van der Waals surface area contributed by atoms with E-state index in [0.717, 1.165) is 0 Å². The van der Waals surface area contributed by atoms with Crippen LogP contribution in [0.5, 0.6) is 0 Å². The molecular formula is C16H29O11P. The second-order valence-electron chi connectivity index (χ2n) is 5.85. The molecule has 0 aliphatic carbocycles. The number of hydrogen-bond acceptors (Lipinski definition) is 11. The number of ether oxygens (including phenoxy) is 6. The van der Waals surface area contributed by atoms with Gasteiger partial charge in [0.25, 0.3) is 0 Å². The van der Waals surface area contributed by atoms with Gasteiger partial charge in [0.05, 0.1) is 26.4 Å². The van der Waals surface area contributed by atoms with E-state index in [2.05, 4.69) is 11.3 Å². The normalized spacial score (nSPS) is 16.6. The molecule has 12 heteroatoms. The maximum absolute atomic E-state index is 11.5. The molecular weight excluding hydrogens is 399 g/mol. The zero-order valence-corrected chi connectivity index (χ0v) is 16.7. The summed E-state index contributed by atoms with van der Waals surface area (Å²) in [6, 6.07) is 0. The summed E-state index contributed by atoms with van der Waals surface area (Å²) in [5, 5.41) is 0. The number of hydrogen-bond donors (Lipinski definition) is 3. The summed E-state index contributed by atoms with van der Waals surface area (Å²) in [5.74, 6) is -1.01. The molecule has 1 heterocycles. The van der Waals surface area contributed by atoms with Crippen molar-refractivity contribution in [2.45, 2.75) is 6.10 Å². The smallest absolute Gasteiger partial charge is 0.191 e. The molecule has 1 atom stereocenters. The summed E-state index contributed by atoms with van der Waals surface area (Å²) in [6.07, 6.45) is -1.14. The first kappa shape index (κ1) is 25.0. The first-order valence-corrected chi connectivity index (χ1v) is 10.8. The van der Waals surface area contributed by atoms with Crippen molar-refractivity contribution in [2.24, 2.45) is 0 Å². The van der Waals surface area contributed by atoms with Gasteiger partial charge in [0.15, 0.2) is 5.78 Å². The van der Waals surface area contributed by atoms with Gasteiger partial charge in [0.1, 0.15) is 6.10 Å². The van der Waals surface area contributed by atoms with Gasteiger partial charge in [-0.25, -0.2) is 0 Å². The van der Waals surface area contributed by atoms with Crippen molar-refractivity contribution in [2.75, 3.05) is 72.2 Å². The van der Waals surface area contributed by atoms with Gasteiger partial charge in [-0.15, -0.1) is 0 Å². The monoisotopic (exact) mass is 428 g/mol. The largest absolute Gasteiger partial charge is 0.364 e. The predicted molar refractivity (Wildman–Crippen MR) is 98.0 cm³/mol. The molecule has 0 spiro atoms.